The first kappa shape index (κ1) is 24.4. The number of carbonyl (C=O) groups is 1. The normalized spacial score (nSPS) is 16.0. The maximum absolute atomic E-state index is 10.3. The summed E-state index contributed by atoms with van der Waals surface area (Å²) in [4.78, 5) is 14.3. The van der Waals surface area contributed by atoms with Crippen molar-refractivity contribution < 1.29 is 4.79 Å². The molecule has 0 radical (unpaired) electrons. The number of rotatable bonds is 12. The minimum Gasteiger partial charge on any atom is -0.339 e. The second-order valence-electron chi connectivity index (χ2n) is 7.83. The number of carbonyl (C=O) groups excluding carboxylic acids is 1. The van der Waals surface area contributed by atoms with Crippen molar-refractivity contribution in [3.05, 3.63) is 48.0 Å². The number of amides is 1. The second-order valence-corrected chi connectivity index (χ2v) is 7.83. The fourth-order valence-corrected chi connectivity index (χ4v) is 3.42. The number of nitrogens with one attached hydrogen (secondary N) is 1. The smallest absolute Gasteiger partial charge is 0.210 e. The standard InChI is InChI=1S/C17H30N2.C7H11NO/c1-4-16-9-7-10-17(15-16)11-8-13-18-12-5-6-14-19(2)3;1-2-7-4-3-5-8(7)6-9/h7,9-10,15,18H,4-6,8,11-14H2,1-3H3;2,6-7H,1,3-5H2. The fraction of sp³-hybridized carbons (Fsp3) is 0.625. The summed E-state index contributed by atoms with van der Waals surface area (Å²) in [5, 5.41) is 3.54. The topological polar surface area (TPSA) is 35.6 Å². The van der Waals surface area contributed by atoms with E-state index in [1.807, 2.05) is 6.08 Å². The molecule has 1 aromatic carbocycles. The molecule has 1 heterocycles. The zero-order chi connectivity index (χ0) is 20.6. The van der Waals surface area contributed by atoms with Crippen LogP contribution in [0.4, 0.5) is 0 Å². The average molecular weight is 388 g/mol. The molecule has 1 fully saturated rings. The van der Waals surface area contributed by atoms with Gasteiger partial charge in [-0.25, -0.2) is 0 Å². The van der Waals surface area contributed by atoms with E-state index in [9.17, 15) is 4.79 Å². The van der Waals surface area contributed by atoms with Gasteiger partial charge in [0.2, 0.25) is 6.41 Å². The van der Waals surface area contributed by atoms with Gasteiger partial charge in [-0.15, -0.1) is 6.58 Å². The van der Waals surface area contributed by atoms with Crippen LogP contribution in [-0.2, 0) is 17.6 Å². The van der Waals surface area contributed by atoms with Crippen LogP contribution in [0.5, 0.6) is 0 Å². The van der Waals surface area contributed by atoms with Crippen molar-refractivity contribution in [3.63, 3.8) is 0 Å². The molecule has 1 saturated heterocycles. The highest BCUT2D eigenvalue weighted by atomic mass is 16.1. The zero-order valence-electron chi connectivity index (χ0n) is 18.3. The first-order valence-corrected chi connectivity index (χ1v) is 10.9. The number of nitrogens with zero attached hydrogens (tertiary/aromatic N) is 2. The van der Waals surface area contributed by atoms with Crippen LogP contribution in [0.3, 0.4) is 0 Å². The van der Waals surface area contributed by atoms with Crippen molar-refractivity contribution in [1.29, 1.82) is 0 Å². The molecule has 28 heavy (non-hydrogen) atoms. The molecular formula is C24H41N3O. The monoisotopic (exact) mass is 387 g/mol. The van der Waals surface area contributed by atoms with Crippen molar-refractivity contribution in [2.45, 2.75) is 57.9 Å². The van der Waals surface area contributed by atoms with E-state index in [2.05, 4.69) is 62.1 Å². The molecule has 1 amide bonds. The van der Waals surface area contributed by atoms with Crippen LogP contribution in [0, 0.1) is 0 Å². The number of aryl methyl sites for hydroxylation is 2. The van der Waals surface area contributed by atoms with Crippen molar-refractivity contribution in [2.24, 2.45) is 0 Å². The summed E-state index contributed by atoms with van der Waals surface area (Å²) in [6.45, 7) is 10.3. The van der Waals surface area contributed by atoms with Gasteiger partial charge in [0.05, 0.1) is 0 Å². The molecule has 1 atom stereocenters. The number of hydrogen-bond donors (Lipinski definition) is 1. The fourth-order valence-electron chi connectivity index (χ4n) is 3.42. The van der Waals surface area contributed by atoms with E-state index < -0.39 is 0 Å². The van der Waals surface area contributed by atoms with Crippen LogP contribution < -0.4 is 5.32 Å². The summed E-state index contributed by atoms with van der Waals surface area (Å²) in [6, 6.07) is 9.30. The third-order valence-electron chi connectivity index (χ3n) is 5.18. The first-order valence-electron chi connectivity index (χ1n) is 10.9. The molecule has 1 unspecified atom stereocenters. The van der Waals surface area contributed by atoms with Gasteiger partial charge in [0.1, 0.15) is 0 Å². The summed E-state index contributed by atoms with van der Waals surface area (Å²) in [6.07, 6.45) is 11.1. The minimum atomic E-state index is 0.308. The number of hydrogen-bond acceptors (Lipinski definition) is 3. The molecular weight excluding hydrogens is 346 g/mol. The van der Waals surface area contributed by atoms with E-state index in [0.717, 1.165) is 45.3 Å². The van der Waals surface area contributed by atoms with Gasteiger partial charge in [0.15, 0.2) is 0 Å². The molecule has 4 nitrogen and oxygen atoms in total. The zero-order valence-corrected chi connectivity index (χ0v) is 18.3. The maximum atomic E-state index is 10.3. The van der Waals surface area contributed by atoms with Gasteiger partial charge in [-0.05, 0) is 89.8 Å². The predicted molar refractivity (Wildman–Crippen MR) is 121 cm³/mol. The molecule has 1 aromatic rings. The van der Waals surface area contributed by atoms with Gasteiger partial charge in [-0.2, -0.15) is 0 Å². The van der Waals surface area contributed by atoms with Crippen LogP contribution in [0.2, 0.25) is 0 Å². The van der Waals surface area contributed by atoms with Gasteiger partial charge in [-0.3, -0.25) is 4.79 Å². The Bertz CT molecular complexity index is 530. The van der Waals surface area contributed by atoms with Crippen LogP contribution in [0.25, 0.3) is 0 Å². The molecule has 0 bridgehead atoms. The molecule has 0 spiro atoms. The summed E-state index contributed by atoms with van der Waals surface area (Å²) < 4.78 is 0. The lowest BCUT2D eigenvalue weighted by atomic mass is 10.1. The van der Waals surface area contributed by atoms with E-state index in [4.69, 9.17) is 0 Å². The summed E-state index contributed by atoms with van der Waals surface area (Å²) >= 11 is 0. The number of benzene rings is 1. The maximum Gasteiger partial charge on any atom is 0.210 e. The third-order valence-corrected chi connectivity index (χ3v) is 5.18. The Morgan fingerprint density at radius 2 is 1.96 bits per heavy atom. The quantitative estimate of drug-likeness (QED) is 0.336. The van der Waals surface area contributed by atoms with Gasteiger partial charge in [0, 0.05) is 12.6 Å². The largest absolute Gasteiger partial charge is 0.339 e. The second kappa shape index (κ2) is 15.3. The van der Waals surface area contributed by atoms with Crippen LogP contribution in [-0.4, -0.2) is 62.5 Å². The van der Waals surface area contributed by atoms with Crippen LogP contribution in [0.15, 0.2) is 36.9 Å². The first-order chi connectivity index (χ1) is 13.6. The van der Waals surface area contributed by atoms with Crippen molar-refractivity contribution in [3.8, 4) is 0 Å². The minimum absolute atomic E-state index is 0.308. The van der Waals surface area contributed by atoms with E-state index in [1.54, 1.807) is 4.90 Å². The SMILES string of the molecule is C=CC1CCCN1C=O.CCc1cccc(CCCNCCCCN(C)C)c1. The van der Waals surface area contributed by atoms with E-state index in [-0.39, 0.29) is 0 Å². The van der Waals surface area contributed by atoms with Crippen LogP contribution >= 0.6 is 0 Å². The molecule has 158 valence electrons. The van der Waals surface area contributed by atoms with E-state index >= 15 is 0 Å². The van der Waals surface area contributed by atoms with Crippen LogP contribution in [0.1, 0.15) is 50.2 Å². The Hall–Kier alpha value is -1.65. The van der Waals surface area contributed by atoms with Gasteiger partial charge in [0.25, 0.3) is 0 Å². The average Bonchev–Trinajstić information content (AvgIpc) is 3.18. The molecule has 0 aliphatic carbocycles. The molecule has 4 heteroatoms. The molecule has 1 N–H and O–H groups in total. The third kappa shape index (κ3) is 10.6. The molecule has 2 rings (SSSR count). The Balaban J connectivity index is 0.000000362. The molecule has 1 aliphatic rings. The van der Waals surface area contributed by atoms with Gasteiger partial charge < -0.3 is 15.1 Å². The van der Waals surface area contributed by atoms with E-state index in [1.165, 1.54) is 43.4 Å². The predicted octanol–water partition coefficient (Wildman–Crippen LogP) is 3.91. The Morgan fingerprint density at radius 3 is 2.61 bits per heavy atom. The highest BCUT2D eigenvalue weighted by Crippen LogP contribution is 2.14. The van der Waals surface area contributed by atoms with Crippen molar-refractivity contribution in [1.82, 2.24) is 15.1 Å². The van der Waals surface area contributed by atoms with Crippen molar-refractivity contribution >= 4 is 6.41 Å². The summed E-state index contributed by atoms with van der Waals surface area (Å²) in [7, 11) is 4.27. The van der Waals surface area contributed by atoms with E-state index in [0.29, 0.717) is 6.04 Å². The Morgan fingerprint density at radius 1 is 1.21 bits per heavy atom. The lowest BCUT2D eigenvalue weighted by Crippen LogP contribution is -2.25. The lowest BCUT2D eigenvalue weighted by molar-refractivity contribution is -0.118. The number of unbranched alkanes of at least 4 members (excludes halogenated alkanes) is 1. The van der Waals surface area contributed by atoms with Gasteiger partial charge in [-0.1, -0.05) is 37.3 Å². The number of likely N-dealkylation sites (tertiary alicyclic amines) is 1. The molecule has 1 aliphatic heterocycles. The highest BCUT2D eigenvalue weighted by Gasteiger charge is 2.18. The molecule has 0 saturated carbocycles. The Kier molecular flexibility index (Phi) is 13.3. The molecule has 0 aromatic heterocycles. The summed E-state index contributed by atoms with van der Waals surface area (Å²) in [5.74, 6) is 0. The summed E-state index contributed by atoms with van der Waals surface area (Å²) in [5.41, 5.74) is 2.93. The highest BCUT2D eigenvalue weighted by molar-refractivity contribution is 5.49. The van der Waals surface area contributed by atoms with Gasteiger partial charge >= 0.3 is 0 Å². The Labute approximate surface area is 173 Å². The lowest BCUT2D eigenvalue weighted by Gasteiger charge is -2.14. The van der Waals surface area contributed by atoms with Crippen molar-refractivity contribution in [2.75, 3.05) is 40.3 Å².